The molecule has 4 aromatic carbocycles. The van der Waals surface area contributed by atoms with Gasteiger partial charge in [-0.05, 0) is 96.8 Å². The van der Waals surface area contributed by atoms with Crippen LogP contribution in [0.5, 0.6) is 0 Å². The molecule has 4 aromatic rings. The monoisotopic (exact) mass is 435 g/mol. The van der Waals surface area contributed by atoms with E-state index in [0.29, 0.717) is 0 Å². The van der Waals surface area contributed by atoms with Crippen molar-refractivity contribution in [1.82, 2.24) is 0 Å². The molecule has 0 unspecified atom stereocenters. The van der Waals surface area contributed by atoms with Gasteiger partial charge in [-0.2, -0.15) is 0 Å². The maximum atomic E-state index is 3.79. The number of hydrogen-bond donors (Lipinski definition) is 1. The van der Waals surface area contributed by atoms with Crippen LogP contribution in [0.4, 0.5) is 11.4 Å². The van der Waals surface area contributed by atoms with Gasteiger partial charge in [0.15, 0.2) is 0 Å². The van der Waals surface area contributed by atoms with Crippen LogP contribution in [0.1, 0.15) is 44.5 Å². The standard InChI is InChI=1S/C30H29NS/c1-19-9-7-11-23(21(19)3)17-25-15-16-29-30(31-27-13-5-6-14-28(27)32-29)26(25)18-24-12-8-10-20(2)22(24)4/h5-16,31H,17-18H2,1-4H3. The van der Waals surface area contributed by atoms with E-state index in [4.69, 9.17) is 0 Å². The van der Waals surface area contributed by atoms with Gasteiger partial charge in [-0.3, -0.25) is 0 Å². The van der Waals surface area contributed by atoms with Crippen molar-refractivity contribution in [3.63, 3.8) is 0 Å². The van der Waals surface area contributed by atoms with Crippen molar-refractivity contribution in [3.8, 4) is 0 Å². The molecule has 160 valence electrons. The van der Waals surface area contributed by atoms with Crippen LogP contribution in [0.15, 0.2) is 82.6 Å². The Morgan fingerprint density at radius 1 is 0.594 bits per heavy atom. The van der Waals surface area contributed by atoms with Gasteiger partial charge in [-0.1, -0.05) is 66.4 Å². The van der Waals surface area contributed by atoms with Gasteiger partial charge in [0.05, 0.1) is 11.4 Å². The molecule has 1 aliphatic heterocycles. The molecule has 0 amide bonds. The Hall–Kier alpha value is -2.97. The first-order chi connectivity index (χ1) is 15.5. The number of aryl methyl sites for hydroxylation is 2. The number of nitrogens with one attached hydrogen (secondary N) is 1. The molecule has 0 bridgehead atoms. The number of hydrogen-bond acceptors (Lipinski definition) is 2. The van der Waals surface area contributed by atoms with E-state index in [2.05, 4.69) is 106 Å². The molecule has 2 heteroatoms. The molecule has 0 fully saturated rings. The lowest BCUT2D eigenvalue weighted by atomic mass is 9.89. The first-order valence-electron chi connectivity index (χ1n) is 11.3. The predicted molar refractivity (Wildman–Crippen MR) is 138 cm³/mol. The van der Waals surface area contributed by atoms with Gasteiger partial charge in [0.2, 0.25) is 0 Å². The first kappa shape index (κ1) is 20.9. The highest BCUT2D eigenvalue weighted by atomic mass is 32.2. The summed E-state index contributed by atoms with van der Waals surface area (Å²) in [7, 11) is 0. The summed E-state index contributed by atoms with van der Waals surface area (Å²) in [5, 5.41) is 3.79. The van der Waals surface area contributed by atoms with Gasteiger partial charge in [0, 0.05) is 16.2 Å². The Balaban J connectivity index is 1.64. The zero-order valence-corrected chi connectivity index (χ0v) is 20.1. The summed E-state index contributed by atoms with van der Waals surface area (Å²) in [6.07, 6.45) is 1.89. The van der Waals surface area contributed by atoms with Crippen molar-refractivity contribution in [2.75, 3.05) is 5.32 Å². The van der Waals surface area contributed by atoms with E-state index >= 15 is 0 Å². The van der Waals surface area contributed by atoms with Crippen LogP contribution in [-0.4, -0.2) is 0 Å². The van der Waals surface area contributed by atoms with E-state index in [1.54, 1.807) is 0 Å². The van der Waals surface area contributed by atoms with Crippen molar-refractivity contribution >= 4 is 23.1 Å². The van der Waals surface area contributed by atoms with E-state index in [-0.39, 0.29) is 0 Å². The second-order valence-corrected chi connectivity index (χ2v) is 9.95. The van der Waals surface area contributed by atoms with Gasteiger partial charge in [-0.25, -0.2) is 0 Å². The minimum absolute atomic E-state index is 0.937. The second kappa shape index (κ2) is 8.52. The smallest absolute Gasteiger partial charge is 0.0565 e. The normalized spacial score (nSPS) is 12.1. The fourth-order valence-electron chi connectivity index (χ4n) is 4.57. The molecule has 0 aliphatic carbocycles. The number of anilines is 2. The molecular weight excluding hydrogens is 406 g/mol. The molecular formula is C30H29NS. The van der Waals surface area contributed by atoms with Crippen LogP contribution in [0, 0.1) is 27.7 Å². The molecule has 0 spiro atoms. The third kappa shape index (κ3) is 3.84. The molecule has 1 nitrogen and oxygen atoms in total. The lowest BCUT2D eigenvalue weighted by Crippen LogP contribution is -2.08. The van der Waals surface area contributed by atoms with Gasteiger partial charge in [-0.15, -0.1) is 0 Å². The van der Waals surface area contributed by atoms with E-state index in [9.17, 15) is 0 Å². The van der Waals surface area contributed by atoms with E-state index in [1.807, 2.05) is 11.8 Å². The number of rotatable bonds is 4. The van der Waals surface area contributed by atoms with Crippen molar-refractivity contribution in [2.24, 2.45) is 0 Å². The SMILES string of the molecule is Cc1cccc(Cc2ccc3c(c2Cc2cccc(C)c2C)Nc2ccccc2S3)c1C. The molecule has 32 heavy (non-hydrogen) atoms. The molecule has 5 rings (SSSR count). The van der Waals surface area contributed by atoms with Crippen molar-refractivity contribution < 1.29 is 0 Å². The first-order valence-corrected chi connectivity index (χ1v) is 12.1. The third-order valence-electron chi connectivity index (χ3n) is 6.92. The zero-order valence-electron chi connectivity index (χ0n) is 19.3. The summed E-state index contributed by atoms with van der Waals surface area (Å²) in [5.74, 6) is 0. The molecule has 0 saturated carbocycles. The lowest BCUT2D eigenvalue weighted by molar-refractivity contribution is 1.04. The summed E-state index contributed by atoms with van der Waals surface area (Å²) in [5.41, 5.74) is 13.6. The Labute approximate surface area is 195 Å². The zero-order chi connectivity index (χ0) is 22.2. The van der Waals surface area contributed by atoms with Crippen molar-refractivity contribution in [2.45, 2.75) is 50.3 Å². The predicted octanol–water partition coefficient (Wildman–Crippen LogP) is 8.31. The number of benzene rings is 4. The Bertz CT molecular complexity index is 1320. The number of para-hydroxylation sites is 1. The minimum Gasteiger partial charge on any atom is -0.353 e. The highest BCUT2D eigenvalue weighted by Gasteiger charge is 2.21. The van der Waals surface area contributed by atoms with Crippen LogP contribution < -0.4 is 5.32 Å². The molecule has 1 aliphatic rings. The quantitative estimate of drug-likeness (QED) is 0.305. The topological polar surface area (TPSA) is 12.0 Å². The van der Waals surface area contributed by atoms with Crippen LogP contribution >= 0.6 is 11.8 Å². The van der Waals surface area contributed by atoms with Gasteiger partial charge in [0.1, 0.15) is 0 Å². The lowest BCUT2D eigenvalue weighted by Gasteiger charge is -2.26. The minimum atomic E-state index is 0.937. The van der Waals surface area contributed by atoms with Crippen LogP contribution in [0.2, 0.25) is 0 Å². The van der Waals surface area contributed by atoms with Crippen LogP contribution in [0.25, 0.3) is 0 Å². The Morgan fingerprint density at radius 2 is 1.25 bits per heavy atom. The highest BCUT2D eigenvalue weighted by molar-refractivity contribution is 7.99. The van der Waals surface area contributed by atoms with Gasteiger partial charge < -0.3 is 5.32 Å². The average molecular weight is 436 g/mol. The van der Waals surface area contributed by atoms with Gasteiger partial charge in [0.25, 0.3) is 0 Å². The summed E-state index contributed by atoms with van der Waals surface area (Å²) in [4.78, 5) is 2.61. The van der Waals surface area contributed by atoms with E-state index < -0.39 is 0 Å². The van der Waals surface area contributed by atoms with Crippen molar-refractivity contribution in [3.05, 3.63) is 117 Å². The largest absolute Gasteiger partial charge is 0.353 e. The van der Waals surface area contributed by atoms with E-state index in [0.717, 1.165) is 12.8 Å². The van der Waals surface area contributed by atoms with Crippen LogP contribution in [0.3, 0.4) is 0 Å². The van der Waals surface area contributed by atoms with Gasteiger partial charge >= 0.3 is 0 Å². The maximum Gasteiger partial charge on any atom is 0.0565 e. The summed E-state index contributed by atoms with van der Waals surface area (Å²) in [6, 6.07) is 26.6. The maximum absolute atomic E-state index is 3.79. The van der Waals surface area contributed by atoms with Crippen molar-refractivity contribution in [1.29, 1.82) is 0 Å². The summed E-state index contributed by atoms with van der Waals surface area (Å²) >= 11 is 1.87. The Morgan fingerprint density at radius 3 is 1.97 bits per heavy atom. The van der Waals surface area contributed by atoms with Crippen LogP contribution in [-0.2, 0) is 12.8 Å². The molecule has 1 heterocycles. The molecule has 0 atom stereocenters. The second-order valence-electron chi connectivity index (χ2n) is 8.87. The molecule has 0 radical (unpaired) electrons. The summed E-state index contributed by atoms with van der Waals surface area (Å²) < 4.78 is 0. The molecule has 0 saturated heterocycles. The Kier molecular flexibility index (Phi) is 5.57. The fraction of sp³-hybridized carbons (Fsp3) is 0.200. The van der Waals surface area contributed by atoms with E-state index in [1.165, 1.54) is 65.7 Å². The average Bonchev–Trinajstić information content (AvgIpc) is 2.80. The molecule has 1 N–H and O–H groups in total. The fourth-order valence-corrected chi connectivity index (χ4v) is 5.60. The highest BCUT2D eigenvalue weighted by Crippen LogP contribution is 2.47. The molecule has 0 aromatic heterocycles. The third-order valence-corrected chi connectivity index (χ3v) is 8.06. The summed E-state index contributed by atoms with van der Waals surface area (Å²) in [6.45, 7) is 8.91. The number of fused-ring (bicyclic) bond motifs is 2.